The molecule has 0 radical (unpaired) electrons. The van der Waals surface area contributed by atoms with E-state index in [0.29, 0.717) is 18.9 Å². The monoisotopic (exact) mass is 373 g/mol. The Bertz CT molecular complexity index is 782. The van der Waals surface area contributed by atoms with Crippen LogP contribution in [0.25, 0.3) is 0 Å². The summed E-state index contributed by atoms with van der Waals surface area (Å²) < 4.78 is 10.8. The summed E-state index contributed by atoms with van der Waals surface area (Å²) in [6, 6.07) is 13.0. The van der Waals surface area contributed by atoms with Crippen molar-refractivity contribution < 1.29 is 19.2 Å². The number of amides is 1. The van der Waals surface area contributed by atoms with Crippen molar-refractivity contribution in [2.24, 2.45) is 0 Å². The molecule has 1 N–H and O–H groups in total. The number of nitro groups is 1. The Hall–Kier alpha value is -3.13. The number of hydrogen-bond donors (Lipinski definition) is 1. The van der Waals surface area contributed by atoms with Gasteiger partial charge in [0.1, 0.15) is 18.1 Å². The van der Waals surface area contributed by atoms with Crippen LogP contribution >= 0.6 is 0 Å². The molecule has 8 heteroatoms. The highest BCUT2D eigenvalue weighted by Gasteiger charge is 2.20. The maximum Gasteiger partial charge on any atom is 0.271 e. The number of nitrogens with one attached hydrogen (secondary N) is 1. The SMILES string of the molecule is COc1ccc([N+](=O)[O-])cc1NC(=O)[C@H](C)N(C)CCOc1ccccc1. The number of para-hydroxylation sites is 1. The fraction of sp³-hybridized carbons (Fsp3) is 0.316. The predicted octanol–water partition coefficient (Wildman–Crippen LogP) is 2.94. The molecule has 0 aliphatic rings. The number of likely N-dealkylation sites (N-methyl/N-ethyl adjacent to an activating group) is 1. The number of carbonyl (C=O) groups excluding carboxylic acids is 1. The Balaban J connectivity index is 1.94. The van der Waals surface area contributed by atoms with E-state index in [4.69, 9.17) is 9.47 Å². The van der Waals surface area contributed by atoms with Gasteiger partial charge in [0.05, 0.1) is 23.8 Å². The smallest absolute Gasteiger partial charge is 0.271 e. The molecular weight excluding hydrogens is 350 g/mol. The molecule has 0 aliphatic heterocycles. The fourth-order valence-corrected chi connectivity index (χ4v) is 2.36. The molecule has 8 nitrogen and oxygen atoms in total. The molecule has 1 amide bonds. The van der Waals surface area contributed by atoms with Gasteiger partial charge in [-0.2, -0.15) is 0 Å². The van der Waals surface area contributed by atoms with Crippen LogP contribution in [0, 0.1) is 10.1 Å². The summed E-state index contributed by atoms with van der Waals surface area (Å²) in [5, 5.41) is 13.6. The van der Waals surface area contributed by atoms with Gasteiger partial charge in [-0.25, -0.2) is 0 Å². The van der Waals surface area contributed by atoms with Gasteiger partial charge < -0.3 is 14.8 Å². The number of ether oxygens (including phenoxy) is 2. The minimum atomic E-state index is -0.522. The first-order valence-corrected chi connectivity index (χ1v) is 8.43. The Labute approximate surface area is 157 Å². The van der Waals surface area contributed by atoms with E-state index in [9.17, 15) is 14.9 Å². The summed E-state index contributed by atoms with van der Waals surface area (Å²) in [6.07, 6.45) is 0. The quantitative estimate of drug-likeness (QED) is 0.536. The lowest BCUT2D eigenvalue weighted by atomic mass is 10.2. The fourth-order valence-electron chi connectivity index (χ4n) is 2.36. The molecule has 0 unspecified atom stereocenters. The Morgan fingerprint density at radius 1 is 1.26 bits per heavy atom. The zero-order valence-electron chi connectivity index (χ0n) is 15.5. The highest BCUT2D eigenvalue weighted by Crippen LogP contribution is 2.29. The maximum absolute atomic E-state index is 12.5. The molecule has 2 aromatic carbocycles. The van der Waals surface area contributed by atoms with Crippen molar-refractivity contribution in [3.05, 3.63) is 58.6 Å². The first-order valence-electron chi connectivity index (χ1n) is 8.43. The van der Waals surface area contributed by atoms with Crippen LogP contribution < -0.4 is 14.8 Å². The standard InChI is InChI=1S/C19H23N3O5/c1-14(21(2)11-12-27-16-7-5-4-6-8-16)19(23)20-17-13-15(22(24)25)9-10-18(17)26-3/h4-10,13-14H,11-12H2,1-3H3,(H,20,23)/t14-/m0/s1. The van der Waals surface area contributed by atoms with Crippen LogP contribution in [0.3, 0.4) is 0 Å². The molecule has 0 fully saturated rings. The molecule has 0 saturated carbocycles. The Morgan fingerprint density at radius 2 is 1.96 bits per heavy atom. The predicted molar refractivity (Wildman–Crippen MR) is 102 cm³/mol. The first kappa shape index (κ1) is 20.2. The number of carbonyl (C=O) groups is 1. The second-order valence-electron chi connectivity index (χ2n) is 5.95. The molecule has 0 aromatic heterocycles. The summed E-state index contributed by atoms with van der Waals surface area (Å²) in [4.78, 5) is 24.8. The summed E-state index contributed by atoms with van der Waals surface area (Å²) in [5.74, 6) is 0.830. The van der Waals surface area contributed by atoms with E-state index in [0.717, 1.165) is 5.75 Å². The average Bonchev–Trinajstić information content (AvgIpc) is 2.67. The molecule has 1 atom stereocenters. The van der Waals surface area contributed by atoms with Gasteiger partial charge in [-0.15, -0.1) is 0 Å². The van der Waals surface area contributed by atoms with Gasteiger partial charge in [0.25, 0.3) is 5.69 Å². The van der Waals surface area contributed by atoms with Gasteiger partial charge in [-0.05, 0) is 32.2 Å². The lowest BCUT2D eigenvalue weighted by molar-refractivity contribution is -0.384. The molecule has 0 heterocycles. The minimum absolute atomic E-state index is 0.122. The Morgan fingerprint density at radius 3 is 2.59 bits per heavy atom. The number of methoxy groups -OCH3 is 1. The third-order valence-electron chi connectivity index (χ3n) is 4.15. The highest BCUT2D eigenvalue weighted by atomic mass is 16.6. The van der Waals surface area contributed by atoms with E-state index >= 15 is 0 Å². The molecule has 0 spiro atoms. The van der Waals surface area contributed by atoms with E-state index in [2.05, 4.69) is 5.32 Å². The van der Waals surface area contributed by atoms with Gasteiger partial charge in [0, 0.05) is 18.7 Å². The summed E-state index contributed by atoms with van der Waals surface area (Å²) in [6.45, 7) is 2.72. The van der Waals surface area contributed by atoms with E-state index < -0.39 is 11.0 Å². The molecule has 0 saturated heterocycles. The summed E-state index contributed by atoms with van der Waals surface area (Å²) in [5.41, 5.74) is 0.140. The van der Waals surface area contributed by atoms with Crippen molar-refractivity contribution in [1.29, 1.82) is 0 Å². The van der Waals surface area contributed by atoms with Crippen LogP contribution in [-0.4, -0.2) is 49.1 Å². The third-order valence-corrected chi connectivity index (χ3v) is 4.15. The molecule has 2 aromatic rings. The lowest BCUT2D eigenvalue weighted by Gasteiger charge is -2.24. The second-order valence-corrected chi connectivity index (χ2v) is 5.95. The molecule has 27 heavy (non-hydrogen) atoms. The van der Waals surface area contributed by atoms with Crippen LogP contribution in [0.1, 0.15) is 6.92 Å². The van der Waals surface area contributed by atoms with Crippen molar-refractivity contribution in [2.45, 2.75) is 13.0 Å². The highest BCUT2D eigenvalue weighted by molar-refractivity contribution is 5.96. The van der Waals surface area contributed by atoms with E-state index in [-0.39, 0.29) is 17.3 Å². The largest absolute Gasteiger partial charge is 0.495 e. The van der Waals surface area contributed by atoms with Crippen molar-refractivity contribution >= 4 is 17.3 Å². The molecule has 0 bridgehead atoms. The zero-order chi connectivity index (χ0) is 19.8. The van der Waals surface area contributed by atoms with Gasteiger partial charge in [-0.1, -0.05) is 18.2 Å². The number of hydrogen-bond acceptors (Lipinski definition) is 6. The third kappa shape index (κ3) is 5.68. The maximum atomic E-state index is 12.5. The van der Waals surface area contributed by atoms with Crippen molar-refractivity contribution in [2.75, 3.05) is 32.6 Å². The first-order chi connectivity index (χ1) is 12.9. The number of benzene rings is 2. The second kappa shape index (κ2) is 9.54. The molecular formula is C19H23N3O5. The van der Waals surface area contributed by atoms with Crippen LogP contribution in [0.5, 0.6) is 11.5 Å². The van der Waals surface area contributed by atoms with Gasteiger partial charge in [-0.3, -0.25) is 19.8 Å². The minimum Gasteiger partial charge on any atom is -0.495 e. The van der Waals surface area contributed by atoms with Crippen molar-refractivity contribution in [1.82, 2.24) is 4.90 Å². The van der Waals surface area contributed by atoms with Crippen molar-refractivity contribution in [3.63, 3.8) is 0 Å². The van der Waals surface area contributed by atoms with Gasteiger partial charge in [0.15, 0.2) is 0 Å². The van der Waals surface area contributed by atoms with E-state index in [1.54, 1.807) is 6.92 Å². The van der Waals surface area contributed by atoms with E-state index in [1.807, 2.05) is 42.3 Å². The summed E-state index contributed by atoms with van der Waals surface area (Å²) in [7, 11) is 3.25. The number of nitro benzene ring substituents is 1. The van der Waals surface area contributed by atoms with Crippen molar-refractivity contribution in [3.8, 4) is 11.5 Å². The summed E-state index contributed by atoms with van der Waals surface area (Å²) >= 11 is 0. The number of anilines is 1. The van der Waals surface area contributed by atoms with E-state index in [1.165, 1.54) is 25.3 Å². The number of non-ortho nitro benzene ring substituents is 1. The van der Waals surface area contributed by atoms with Crippen LogP contribution in [0.4, 0.5) is 11.4 Å². The number of rotatable bonds is 9. The topological polar surface area (TPSA) is 93.9 Å². The van der Waals surface area contributed by atoms with Crippen LogP contribution in [0.2, 0.25) is 0 Å². The van der Waals surface area contributed by atoms with Crippen LogP contribution in [0.15, 0.2) is 48.5 Å². The average molecular weight is 373 g/mol. The van der Waals surface area contributed by atoms with Gasteiger partial charge >= 0.3 is 0 Å². The van der Waals surface area contributed by atoms with Crippen LogP contribution in [-0.2, 0) is 4.79 Å². The normalized spacial score (nSPS) is 11.7. The van der Waals surface area contributed by atoms with Gasteiger partial charge in [0.2, 0.25) is 5.91 Å². The zero-order valence-corrected chi connectivity index (χ0v) is 15.5. The Kier molecular flexibility index (Phi) is 7.13. The lowest BCUT2D eigenvalue weighted by Crippen LogP contribution is -2.41. The molecule has 144 valence electrons. The molecule has 2 rings (SSSR count). The molecule has 0 aliphatic carbocycles. The number of nitrogens with zero attached hydrogens (tertiary/aromatic N) is 2.